The minimum Gasteiger partial charge on any atom is -0.465 e. The topological polar surface area (TPSA) is 87.1 Å². The number of esters is 1. The molecule has 3 fully saturated rings. The van der Waals surface area contributed by atoms with Gasteiger partial charge in [-0.05, 0) is 44.9 Å². The summed E-state index contributed by atoms with van der Waals surface area (Å²) in [5.74, 6) is -1.48. The summed E-state index contributed by atoms with van der Waals surface area (Å²) >= 11 is 1.67. The molecule has 8 heteroatoms. The Hall–Kier alpha value is -1.80. The molecule has 0 radical (unpaired) electrons. The van der Waals surface area contributed by atoms with Crippen molar-refractivity contribution in [2.24, 2.45) is 17.8 Å². The Kier molecular flexibility index (Phi) is 9.49. The molecule has 3 rings (SSSR count). The number of aliphatic hydroxyl groups excluding tert-OH is 1. The molecule has 1 N–H and O–H groups in total. The first-order valence-corrected chi connectivity index (χ1v) is 14.0. The Morgan fingerprint density at radius 2 is 2.09 bits per heavy atom. The van der Waals surface area contributed by atoms with Crippen LogP contribution in [0.1, 0.15) is 59.3 Å². The minimum atomic E-state index is -0.647. The highest BCUT2D eigenvalue weighted by Crippen LogP contribution is 2.68. The highest BCUT2D eigenvalue weighted by Gasteiger charge is 2.76. The van der Waals surface area contributed by atoms with Crippen LogP contribution in [0.5, 0.6) is 0 Å². The zero-order chi connectivity index (χ0) is 25.8. The third-order valence-electron chi connectivity index (χ3n) is 7.97. The van der Waals surface area contributed by atoms with Crippen LogP contribution in [-0.4, -0.2) is 81.1 Å². The molecule has 7 nitrogen and oxygen atoms in total. The van der Waals surface area contributed by atoms with Crippen LogP contribution < -0.4 is 0 Å². The molecular weight excluding hydrogens is 464 g/mol. The van der Waals surface area contributed by atoms with Gasteiger partial charge in [0.25, 0.3) is 0 Å². The van der Waals surface area contributed by atoms with Gasteiger partial charge in [-0.2, -0.15) is 0 Å². The lowest BCUT2D eigenvalue weighted by molar-refractivity contribution is -0.154. The van der Waals surface area contributed by atoms with Gasteiger partial charge < -0.3 is 19.6 Å². The molecule has 3 aliphatic heterocycles. The molecule has 0 aliphatic carbocycles. The fourth-order valence-corrected chi connectivity index (χ4v) is 8.80. The number of unbranched alkanes of at least 4 members (excludes halogenated alkanes) is 1. The van der Waals surface area contributed by atoms with E-state index in [4.69, 9.17) is 4.74 Å². The first kappa shape index (κ1) is 27.8. The molecule has 4 unspecified atom stereocenters. The van der Waals surface area contributed by atoms with Crippen LogP contribution >= 0.6 is 11.8 Å². The molecule has 35 heavy (non-hydrogen) atoms. The summed E-state index contributed by atoms with van der Waals surface area (Å²) in [4.78, 5) is 45.1. The molecule has 0 aromatic heterocycles. The first-order valence-electron chi connectivity index (χ1n) is 13.1. The lowest BCUT2D eigenvalue weighted by Gasteiger charge is -2.41. The minimum absolute atomic E-state index is 0.0221. The van der Waals surface area contributed by atoms with Crippen molar-refractivity contribution in [3.8, 4) is 0 Å². The zero-order valence-electron chi connectivity index (χ0n) is 21.5. The number of aliphatic hydroxyl groups is 1. The number of thioether (sulfide) groups is 1. The number of likely N-dealkylation sites (tertiary alicyclic amines) is 1. The summed E-state index contributed by atoms with van der Waals surface area (Å²) in [6, 6.07) is -0.608. The average Bonchev–Trinajstić information content (AvgIpc) is 3.41. The van der Waals surface area contributed by atoms with Gasteiger partial charge in [0.1, 0.15) is 6.04 Å². The smallest absolute Gasteiger partial charge is 0.310 e. The Labute approximate surface area is 214 Å². The van der Waals surface area contributed by atoms with Gasteiger partial charge in [0.05, 0.1) is 23.2 Å². The SMILES string of the molecule is C=CCCOC(=O)[C@@H]1[C@H]2C(=O)N(CCCCO)C(C(=O)N(CC=C)C(C)CCC)C23S[C@@H]1CC3C. The van der Waals surface area contributed by atoms with E-state index in [1.165, 1.54) is 0 Å². The van der Waals surface area contributed by atoms with Crippen molar-refractivity contribution in [2.45, 2.75) is 81.4 Å². The van der Waals surface area contributed by atoms with Gasteiger partial charge in [-0.25, -0.2) is 0 Å². The summed E-state index contributed by atoms with van der Waals surface area (Å²) in [6.45, 7) is 14.9. The Morgan fingerprint density at radius 3 is 2.71 bits per heavy atom. The van der Waals surface area contributed by atoms with Gasteiger partial charge in [0.2, 0.25) is 11.8 Å². The highest BCUT2D eigenvalue weighted by atomic mass is 32.2. The Balaban J connectivity index is 2.01. The van der Waals surface area contributed by atoms with E-state index in [1.54, 1.807) is 28.8 Å². The number of nitrogens with zero attached hydrogens (tertiary/aromatic N) is 2. The van der Waals surface area contributed by atoms with E-state index in [-0.39, 0.29) is 48.2 Å². The van der Waals surface area contributed by atoms with E-state index < -0.39 is 22.6 Å². The molecule has 2 bridgehead atoms. The lowest BCUT2D eigenvalue weighted by atomic mass is 9.66. The maximum Gasteiger partial charge on any atom is 0.310 e. The van der Waals surface area contributed by atoms with Crippen LogP contribution in [0.15, 0.2) is 25.3 Å². The van der Waals surface area contributed by atoms with Gasteiger partial charge in [-0.15, -0.1) is 24.9 Å². The summed E-state index contributed by atoms with van der Waals surface area (Å²) in [5, 5.41) is 9.31. The molecule has 0 saturated carbocycles. The van der Waals surface area contributed by atoms with Crippen molar-refractivity contribution < 1.29 is 24.2 Å². The fraction of sp³-hybridized carbons (Fsp3) is 0.741. The highest BCUT2D eigenvalue weighted by molar-refractivity contribution is 8.02. The van der Waals surface area contributed by atoms with Gasteiger partial charge in [0, 0.05) is 31.0 Å². The molecule has 0 aromatic carbocycles. The molecule has 7 atom stereocenters. The molecule has 3 aliphatic rings. The second kappa shape index (κ2) is 12.0. The van der Waals surface area contributed by atoms with E-state index in [9.17, 15) is 19.5 Å². The second-order valence-corrected chi connectivity index (χ2v) is 11.7. The van der Waals surface area contributed by atoms with E-state index in [1.807, 2.05) is 4.90 Å². The third-order valence-corrected chi connectivity index (χ3v) is 10.0. The Morgan fingerprint density at radius 1 is 1.34 bits per heavy atom. The first-order chi connectivity index (χ1) is 16.8. The van der Waals surface area contributed by atoms with E-state index in [0.717, 1.165) is 19.3 Å². The number of hydrogen-bond donors (Lipinski definition) is 1. The van der Waals surface area contributed by atoms with Crippen LogP contribution in [0.4, 0.5) is 0 Å². The molecule has 2 amide bonds. The van der Waals surface area contributed by atoms with Crippen molar-refractivity contribution in [1.29, 1.82) is 0 Å². The summed E-state index contributed by atoms with van der Waals surface area (Å²) in [5.41, 5.74) is 0. The van der Waals surface area contributed by atoms with E-state index in [2.05, 4.69) is 33.9 Å². The van der Waals surface area contributed by atoms with Crippen LogP contribution in [0.3, 0.4) is 0 Å². The molecule has 3 heterocycles. The maximum atomic E-state index is 14.3. The monoisotopic (exact) mass is 506 g/mol. The number of fused-ring (bicyclic) bond motifs is 1. The summed E-state index contributed by atoms with van der Waals surface area (Å²) in [7, 11) is 0. The molecular formula is C27H42N2O5S. The van der Waals surface area contributed by atoms with Crippen LogP contribution in [0.25, 0.3) is 0 Å². The Bertz CT molecular complexity index is 819. The molecule has 0 aromatic rings. The van der Waals surface area contributed by atoms with Gasteiger partial charge in [-0.1, -0.05) is 32.4 Å². The predicted octanol–water partition coefficient (Wildman–Crippen LogP) is 3.42. The standard InChI is InChI=1S/C27H42N2O5S/c1-6-9-16-34-26(33)21-20-17-18(4)27(35-20)22(21)24(31)29(14-10-11-15-30)23(27)25(32)28(13-8-3)19(5)12-7-2/h6,8,18-23,30H,1,3,7,9-17H2,2,4-5H3/t18?,19?,20-,21+,22+,23?,27?/m1/s1. The lowest BCUT2D eigenvalue weighted by Crippen LogP contribution is -2.58. The maximum absolute atomic E-state index is 14.3. The van der Waals surface area contributed by atoms with Gasteiger partial charge >= 0.3 is 5.97 Å². The quantitative estimate of drug-likeness (QED) is 0.221. The molecule has 1 spiro atoms. The van der Waals surface area contributed by atoms with Crippen molar-refractivity contribution in [1.82, 2.24) is 9.80 Å². The number of carbonyl (C=O) groups is 3. The van der Waals surface area contributed by atoms with E-state index in [0.29, 0.717) is 32.4 Å². The second-order valence-electron chi connectivity index (χ2n) is 10.2. The van der Waals surface area contributed by atoms with Gasteiger partial charge in [0.15, 0.2) is 0 Å². The number of rotatable bonds is 14. The number of amides is 2. The number of carbonyl (C=O) groups excluding carboxylic acids is 3. The normalized spacial score (nSPS) is 31.8. The van der Waals surface area contributed by atoms with Crippen molar-refractivity contribution in [2.75, 3.05) is 26.3 Å². The van der Waals surface area contributed by atoms with Crippen molar-refractivity contribution in [3.05, 3.63) is 25.3 Å². The van der Waals surface area contributed by atoms with Crippen molar-refractivity contribution in [3.63, 3.8) is 0 Å². The largest absolute Gasteiger partial charge is 0.465 e. The molecule has 196 valence electrons. The number of ether oxygens (including phenoxy) is 1. The zero-order valence-corrected chi connectivity index (χ0v) is 22.3. The van der Waals surface area contributed by atoms with Crippen molar-refractivity contribution >= 4 is 29.5 Å². The third kappa shape index (κ3) is 4.93. The summed E-state index contributed by atoms with van der Waals surface area (Å²) in [6.07, 6.45) is 7.79. The summed E-state index contributed by atoms with van der Waals surface area (Å²) < 4.78 is 4.91. The average molecular weight is 507 g/mol. The van der Waals surface area contributed by atoms with Gasteiger partial charge in [-0.3, -0.25) is 14.4 Å². The van der Waals surface area contributed by atoms with Crippen LogP contribution in [0, 0.1) is 17.8 Å². The predicted molar refractivity (Wildman–Crippen MR) is 139 cm³/mol. The fourth-order valence-electron chi connectivity index (χ4n) is 6.40. The molecule has 3 saturated heterocycles. The van der Waals surface area contributed by atoms with Crippen LogP contribution in [0.2, 0.25) is 0 Å². The number of hydrogen-bond acceptors (Lipinski definition) is 6. The van der Waals surface area contributed by atoms with E-state index >= 15 is 0 Å². The van der Waals surface area contributed by atoms with Crippen LogP contribution in [-0.2, 0) is 19.1 Å².